The molecular formula is C18H20N2O4. The summed E-state index contributed by atoms with van der Waals surface area (Å²) in [5, 5.41) is 12.3. The Morgan fingerprint density at radius 1 is 1.21 bits per heavy atom. The Labute approximate surface area is 140 Å². The molecule has 1 aromatic carbocycles. The number of Topliss-reactive ketones (excluding diaryl/α,β-unsaturated/α-hetero) is 1. The Morgan fingerprint density at radius 2 is 1.83 bits per heavy atom. The van der Waals surface area contributed by atoms with Crippen LogP contribution in [0.25, 0.3) is 0 Å². The Kier molecular flexibility index (Phi) is 4.87. The maximum Gasteiger partial charge on any atom is 0.315 e. The zero-order chi connectivity index (χ0) is 17.9. The molecule has 1 heterocycles. The van der Waals surface area contributed by atoms with Crippen LogP contribution in [0.5, 0.6) is 0 Å². The molecular weight excluding hydrogens is 308 g/mol. The van der Waals surface area contributed by atoms with Gasteiger partial charge in [0, 0.05) is 25.4 Å². The summed E-state index contributed by atoms with van der Waals surface area (Å²) >= 11 is 0. The molecule has 24 heavy (non-hydrogen) atoms. The average Bonchev–Trinajstić information content (AvgIpc) is 2.95. The van der Waals surface area contributed by atoms with Crippen molar-refractivity contribution in [2.75, 3.05) is 6.54 Å². The van der Waals surface area contributed by atoms with Gasteiger partial charge in [-0.25, -0.2) is 0 Å². The van der Waals surface area contributed by atoms with Crippen LogP contribution in [0.15, 0.2) is 42.6 Å². The lowest BCUT2D eigenvalue weighted by Crippen LogP contribution is -2.44. The fraction of sp³-hybridized carbons (Fsp3) is 0.278. The first-order valence-corrected chi connectivity index (χ1v) is 7.50. The number of hydrogen-bond donors (Lipinski definition) is 2. The smallest absolute Gasteiger partial charge is 0.315 e. The average molecular weight is 328 g/mol. The van der Waals surface area contributed by atoms with E-state index in [0.717, 1.165) is 0 Å². The topological polar surface area (TPSA) is 88.4 Å². The monoisotopic (exact) mass is 328 g/mol. The lowest BCUT2D eigenvalue weighted by Gasteiger charge is -2.25. The number of aromatic nitrogens is 1. The van der Waals surface area contributed by atoms with Gasteiger partial charge in [0.2, 0.25) is 0 Å². The summed E-state index contributed by atoms with van der Waals surface area (Å²) < 4.78 is 1.55. The van der Waals surface area contributed by atoms with E-state index in [-0.39, 0.29) is 12.3 Å². The van der Waals surface area contributed by atoms with Gasteiger partial charge in [-0.2, -0.15) is 0 Å². The number of benzene rings is 1. The number of carbonyl (C=O) groups excluding carboxylic acids is 2. The lowest BCUT2D eigenvalue weighted by atomic mass is 9.82. The SMILES string of the molecule is CC(=O)c1cc(C(=O)NCC(C)(C(=O)O)c2ccccc2)n(C)c1. The number of rotatable bonds is 6. The molecule has 0 saturated carbocycles. The number of amides is 1. The van der Waals surface area contributed by atoms with Crippen molar-refractivity contribution >= 4 is 17.7 Å². The normalized spacial score (nSPS) is 13.1. The summed E-state index contributed by atoms with van der Waals surface area (Å²) in [6, 6.07) is 10.3. The number of carboxylic acid groups (broad SMARTS) is 1. The molecule has 6 nitrogen and oxygen atoms in total. The predicted octanol–water partition coefficient (Wildman–Crippen LogP) is 2.00. The largest absolute Gasteiger partial charge is 0.481 e. The van der Waals surface area contributed by atoms with E-state index < -0.39 is 17.3 Å². The van der Waals surface area contributed by atoms with Crippen LogP contribution in [-0.2, 0) is 17.3 Å². The minimum atomic E-state index is -1.24. The van der Waals surface area contributed by atoms with E-state index in [1.165, 1.54) is 13.0 Å². The number of hydrogen-bond acceptors (Lipinski definition) is 3. The van der Waals surface area contributed by atoms with Crippen LogP contribution in [0.2, 0.25) is 0 Å². The molecule has 0 fully saturated rings. The molecule has 0 aliphatic rings. The van der Waals surface area contributed by atoms with Gasteiger partial charge in [0.1, 0.15) is 11.1 Å². The van der Waals surface area contributed by atoms with Crippen LogP contribution in [0.1, 0.15) is 40.3 Å². The molecule has 0 saturated heterocycles. The van der Waals surface area contributed by atoms with Gasteiger partial charge >= 0.3 is 5.97 Å². The van der Waals surface area contributed by atoms with Crippen molar-refractivity contribution in [3.8, 4) is 0 Å². The highest BCUT2D eigenvalue weighted by Gasteiger charge is 2.35. The molecule has 0 radical (unpaired) electrons. The molecule has 1 amide bonds. The minimum Gasteiger partial charge on any atom is -0.481 e. The highest BCUT2D eigenvalue weighted by molar-refractivity contribution is 5.99. The van der Waals surface area contributed by atoms with Crippen LogP contribution >= 0.6 is 0 Å². The summed E-state index contributed by atoms with van der Waals surface area (Å²) in [6.45, 7) is 2.93. The molecule has 0 bridgehead atoms. The van der Waals surface area contributed by atoms with Gasteiger partial charge < -0.3 is 15.0 Å². The number of ketones is 1. The molecule has 2 N–H and O–H groups in total. The molecule has 1 atom stereocenters. The summed E-state index contributed by atoms with van der Waals surface area (Å²) in [6.07, 6.45) is 1.57. The van der Waals surface area contributed by atoms with E-state index in [2.05, 4.69) is 5.32 Å². The maximum absolute atomic E-state index is 12.4. The Bertz CT molecular complexity index is 780. The standard InChI is InChI=1S/C18H20N2O4/c1-12(21)13-9-15(20(3)10-13)16(22)19-11-18(2,17(23)24)14-7-5-4-6-8-14/h4-10H,11H2,1-3H3,(H,19,22)(H,23,24). The van der Waals surface area contributed by atoms with E-state index in [0.29, 0.717) is 16.8 Å². The first-order valence-electron chi connectivity index (χ1n) is 7.50. The van der Waals surface area contributed by atoms with Gasteiger partial charge in [-0.15, -0.1) is 0 Å². The fourth-order valence-electron chi connectivity index (χ4n) is 2.44. The summed E-state index contributed by atoms with van der Waals surface area (Å²) in [4.78, 5) is 35.5. The van der Waals surface area contributed by atoms with Crippen molar-refractivity contribution in [2.24, 2.45) is 7.05 Å². The third kappa shape index (κ3) is 3.37. The number of carboxylic acids is 1. The summed E-state index contributed by atoms with van der Waals surface area (Å²) in [5.74, 6) is -1.58. The van der Waals surface area contributed by atoms with Gasteiger partial charge in [0.15, 0.2) is 5.78 Å². The Balaban J connectivity index is 2.20. The first kappa shape index (κ1) is 17.5. The van der Waals surface area contributed by atoms with Crippen molar-refractivity contribution in [2.45, 2.75) is 19.3 Å². The van der Waals surface area contributed by atoms with Gasteiger partial charge in [-0.1, -0.05) is 30.3 Å². The minimum absolute atomic E-state index is 0.0637. The lowest BCUT2D eigenvalue weighted by molar-refractivity contribution is -0.142. The molecule has 0 aliphatic carbocycles. The van der Waals surface area contributed by atoms with Crippen molar-refractivity contribution in [3.05, 3.63) is 59.4 Å². The number of aryl methyl sites for hydroxylation is 1. The van der Waals surface area contributed by atoms with Crippen molar-refractivity contribution in [1.29, 1.82) is 0 Å². The second-order valence-corrected chi connectivity index (χ2v) is 5.97. The molecule has 2 aromatic rings. The van der Waals surface area contributed by atoms with Crippen molar-refractivity contribution < 1.29 is 19.5 Å². The number of carbonyl (C=O) groups is 3. The second kappa shape index (κ2) is 6.70. The molecule has 1 unspecified atom stereocenters. The number of nitrogens with zero attached hydrogens (tertiary/aromatic N) is 1. The Morgan fingerprint density at radius 3 is 2.33 bits per heavy atom. The van der Waals surface area contributed by atoms with E-state index in [4.69, 9.17) is 0 Å². The van der Waals surface area contributed by atoms with E-state index in [1.807, 2.05) is 0 Å². The zero-order valence-electron chi connectivity index (χ0n) is 13.9. The molecule has 0 aliphatic heterocycles. The molecule has 2 rings (SSSR count). The highest BCUT2D eigenvalue weighted by Crippen LogP contribution is 2.23. The van der Waals surface area contributed by atoms with Crippen LogP contribution in [0.4, 0.5) is 0 Å². The third-order valence-electron chi connectivity index (χ3n) is 4.13. The summed E-state index contributed by atoms with van der Waals surface area (Å²) in [5.41, 5.74) is 0.104. The van der Waals surface area contributed by atoms with Crippen LogP contribution in [0, 0.1) is 0 Å². The second-order valence-electron chi connectivity index (χ2n) is 5.97. The maximum atomic E-state index is 12.4. The number of nitrogens with one attached hydrogen (secondary N) is 1. The van der Waals surface area contributed by atoms with E-state index in [1.54, 1.807) is 55.1 Å². The fourth-order valence-corrected chi connectivity index (χ4v) is 2.44. The first-order chi connectivity index (χ1) is 11.3. The van der Waals surface area contributed by atoms with Crippen LogP contribution in [0.3, 0.4) is 0 Å². The predicted molar refractivity (Wildman–Crippen MR) is 89.2 cm³/mol. The third-order valence-corrected chi connectivity index (χ3v) is 4.13. The van der Waals surface area contributed by atoms with Gasteiger partial charge in [-0.05, 0) is 25.5 Å². The highest BCUT2D eigenvalue weighted by atomic mass is 16.4. The molecule has 0 spiro atoms. The Hall–Kier alpha value is -2.89. The van der Waals surface area contributed by atoms with E-state index >= 15 is 0 Å². The van der Waals surface area contributed by atoms with Crippen molar-refractivity contribution in [1.82, 2.24) is 9.88 Å². The molecule has 126 valence electrons. The van der Waals surface area contributed by atoms with Crippen LogP contribution < -0.4 is 5.32 Å². The van der Waals surface area contributed by atoms with Gasteiger partial charge in [0.25, 0.3) is 5.91 Å². The summed E-state index contributed by atoms with van der Waals surface area (Å²) in [7, 11) is 1.66. The van der Waals surface area contributed by atoms with Crippen LogP contribution in [-0.4, -0.2) is 33.9 Å². The van der Waals surface area contributed by atoms with E-state index in [9.17, 15) is 19.5 Å². The quantitative estimate of drug-likeness (QED) is 0.794. The zero-order valence-corrected chi connectivity index (χ0v) is 13.9. The van der Waals surface area contributed by atoms with Gasteiger partial charge in [0.05, 0.1) is 0 Å². The number of aliphatic carboxylic acids is 1. The molecule has 1 aromatic heterocycles. The van der Waals surface area contributed by atoms with Gasteiger partial charge in [-0.3, -0.25) is 14.4 Å². The molecule has 6 heteroatoms. The van der Waals surface area contributed by atoms with Crippen molar-refractivity contribution in [3.63, 3.8) is 0 Å².